The highest BCUT2D eigenvalue weighted by molar-refractivity contribution is 5.97. The van der Waals surface area contributed by atoms with Crippen LogP contribution < -0.4 is 21.9 Å². The number of anilines is 1. The van der Waals surface area contributed by atoms with E-state index in [1.54, 1.807) is 24.3 Å². The Hall–Kier alpha value is -4.63. The maximum absolute atomic E-state index is 14.6. The number of H-pyrrole nitrogens is 1. The van der Waals surface area contributed by atoms with Gasteiger partial charge in [0.2, 0.25) is 5.95 Å². The molecule has 12 heteroatoms. The van der Waals surface area contributed by atoms with Crippen LogP contribution in [0.25, 0.3) is 11.2 Å². The van der Waals surface area contributed by atoms with Crippen molar-refractivity contribution < 1.29 is 13.6 Å². The summed E-state index contributed by atoms with van der Waals surface area (Å²) in [6.07, 6.45) is 1.01. The van der Waals surface area contributed by atoms with E-state index in [9.17, 15) is 28.4 Å². The first-order valence-corrected chi connectivity index (χ1v) is 12.4. The van der Waals surface area contributed by atoms with Gasteiger partial charge in [-0.15, -0.1) is 0 Å². The molecule has 10 nitrogen and oxygen atoms in total. The van der Waals surface area contributed by atoms with Crippen molar-refractivity contribution in [3.8, 4) is 6.07 Å². The fraction of sp³-hybridized carbons (Fsp3) is 0.296. The largest absolute Gasteiger partial charge is 0.341 e. The molecule has 0 aliphatic carbocycles. The van der Waals surface area contributed by atoms with Gasteiger partial charge in [0.1, 0.15) is 11.6 Å². The van der Waals surface area contributed by atoms with Crippen molar-refractivity contribution in [1.82, 2.24) is 19.1 Å². The van der Waals surface area contributed by atoms with Crippen molar-refractivity contribution in [3.05, 3.63) is 91.6 Å². The highest BCUT2D eigenvalue weighted by atomic mass is 19.1. The van der Waals surface area contributed by atoms with Crippen molar-refractivity contribution in [1.29, 1.82) is 5.26 Å². The lowest BCUT2D eigenvalue weighted by atomic mass is 9.93. The van der Waals surface area contributed by atoms with Gasteiger partial charge in [-0.2, -0.15) is 10.2 Å². The molecular weight excluding hydrogens is 508 g/mol. The van der Waals surface area contributed by atoms with Gasteiger partial charge >= 0.3 is 5.69 Å². The predicted molar refractivity (Wildman–Crippen MR) is 140 cm³/mol. The van der Waals surface area contributed by atoms with E-state index in [-0.39, 0.29) is 28.7 Å². The minimum atomic E-state index is -1.08. The van der Waals surface area contributed by atoms with E-state index in [0.29, 0.717) is 18.7 Å². The summed E-state index contributed by atoms with van der Waals surface area (Å²) in [5, 5.41) is 9.89. The highest BCUT2D eigenvalue weighted by Gasteiger charge is 2.33. The zero-order chi connectivity index (χ0) is 27.8. The van der Waals surface area contributed by atoms with Crippen molar-refractivity contribution in [2.75, 3.05) is 18.0 Å². The normalized spacial score (nSPS) is 16.3. The number of rotatable bonds is 6. The van der Waals surface area contributed by atoms with Crippen LogP contribution in [0.15, 0.2) is 52.1 Å². The average molecular weight is 534 g/mol. The molecule has 0 radical (unpaired) electrons. The highest BCUT2D eigenvalue weighted by Crippen LogP contribution is 2.35. The van der Waals surface area contributed by atoms with Crippen LogP contribution in [0.4, 0.5) is 14.7 Å². The Morgan fingerprint density at radius 2 is 1.92 bits per heavy atom. The fourth-order valence-corrected chi connectivity index (χ4v) is 5.17. The monoisotopic (exact) mass is 533 g/mol. The Bertz CT molecular complexity index is 1730. The van der Waals surface area contributed by atoms with Gasteiger partial charge in [-0.3, -0.25) is 23.7 Å². The standard InChI is InChI=1S/C27H25F2N7O3/c1-34-24-23(25(38)33-27(34)39)36(26(32-24)35-11-5-7-16(31)14-35)20(17-8-3-2-6-15(17)13-30)12-21(37)22-18(28)9-4-10-19(22)29/h2-4,6,8-10,16,20H,5,7,11-12,14,31H2,1H3,(H,33,38,39). The molecular formula is C27H25F2N7O3. The molecule has 1 saturated heterocycles. The number of halogens is 2. The van der Waals surface area contributed by atoms with E-state index in [4.69, 9.17) is 5.73 Å². The molecule has 2 aromatic carbocycles. The summed E-state index contributed by atoms with van der Waals surface area (Å²) in [5.74, 6) is -2.66. The molecule has 2 unspecified atom stereocenters. The number of piperidine rings is 1. The molecule has 1 aliphatic rings. The van der Waals surface area contributed by atoms with Crippen LogP contribution in [0.5, 0.6) is 0 Å². The van der Waals surface area contributed by atoms with Gasteiger partial charge in [0.25, 0.3) is 5.56 Å². The Kier molecular flexibility index (Phi) is 6.84. The number of benzene rings is 2. The number of nitriles is 1. The van der Waals surface area contributed by atoms with Gasteiger partial charge in [-0.25, -0.2) is 13.6 Å². The molecule has 3 N–H and O–H groups in total. The molecule has 5 rings (SSSR count). The summed E-state index contributed by atoms with van der Waals surface area (Å²) < 4.78 is 31.9. The van der Waals surface area contributed by atoms with E-state index >= 15 is 0 Å². The number of imidazole rings is 1. The molecule has 0 saturated carbocycles. The van der Waals surface area contributed by atoms with E-state index in [0.717, 1.165) is 31.0 Å². The first kappa shape index (κ1) is 26.0. The summed E-state index contributed by atoms with van der Waals surface area (Å²) in [7, 11) is 1.45. The summed E-state index contributed by atoms with van der Waals surface area (Å²) in [4.78, 5) is 47.9. The van der Waals surface area contributed by atoms with E-state index in [2.05, 4.69) is 16.0 Å². The summed E-state index contributed by atoms with van der Waals surface area (Å²) in [6.45, 7) is 0.920. The summed E-state index contributed by atoms with van der Waals surface area (Å²) >= 11 is 0. The number of ketones is 1. The maximum atomic E-state index is 14.6. The number of aryl methyl sites for hydroxylation is 1. The lowest BCUT2D eigenvalue weighted by Gasteiger charge is -2.33. The SMILES string of the molecule is Cn1c(=O)[nH]c(=O)c2c1nc(N1CCCC(N)C1)n2C(CC(=O)c1c(F)cccc1F)c1ccccc1C#N. The molecule has 1 fully saturated rings. The molecule has 2 atom stereocenters. The van der Waals surface area contributed by atoms with Crippen molar-refractivity contribution in [2.24, 2.45) is 12.8 Å². The Morgan fingerprint density at radius 3 is 2.62 bits per heavy atom. The van der Waals surface area contributed by atoms with Crippen LogP contribution in [0, 0.1) is 23.0 Å². The number of Topliss-reactive ketones (excluding diaryl/α,β-unsaturated/α-hetero) is 1. The van der Waals surface area contributed by atoms with Crippen molar-refractivity contribution in [2.45, 2.75) is 31.3 Å². The molecule has 2 aromatic heterocycles. The minimum Gasteiger partial charge on any atom is -0.341 e. The zero-order valence-corrected chi connectivity index (χ0v) is 21.0. The molecule has 4 aromatic rings. The summed E-state index contributed by atoms with van der Waals surface area (Å²) in [5.41, 5.74) is 4.66. The molecule has 39 heavy (non-hydrogen) atoms. The van der Waals surface area contributed by atoms with Gasteiger partial charge in [-0.1, -0.05) is 24.3 Å². The van der Waals surface area contributed by atoms with Gasteiger partial charge < -0.3 is 10.6 Å². The van der Waals surface area contributed by atoms with Crippen LogP contribution in [-0.2, 0) is 7.05 Å². The fourth-order valence-electron chi connectivity index (χ4n) is 5.17. The molecule has 0 spiro atoms. The third kappa shape index (κ3) is 4.61. The molecule has 1 aliphatic heterocycles. The number of fused-ring (bicyclic) bond motifs is 1. The zero-order valence-electron chi connectivity index (χ0n) is 21.0. The number of nitrogens with two attached hydrogens (primary N) is 1. The van der Waals surface area contributed by atoms with E-state index in [1.165, 1.54) is 16.2 Å². The van der Waals surface area contributed by atoms with Crippen LogP contribution >= 0.6 is 0 Å². The molecule has 200 valence electrons. The number of carbonyl (C=O) groups excluding carboxylic acids is 1. The van der Waals surface area contributed by atoms with Gasteiger partial charge in [0.15, 0.2) is 16.9 Å². The average Bonchev–Trinajstić information content (AvgIpc) is 3.31. The Labute approximate surface area is 220 Å². The van der Waals surface area contributed by atoms with Gasteiger partial charge in [0.05, 0.1) is 23.2 Å². The number of aromatic nitrogens is 4. The number of nitrogens with one attached hydrogen (secondary N) is 1. The second kappa shape index (κ2) is 10.3. The van der Waals surface area contributed by atoms with Crippen molar-refractivity contribution in [3.63, 3.8) is 0 Å². The first-order valence-electron chi connectivity index (χ1n) is 12.4. The predicted octanol–water partition coefficient (Wildman–Crippen LogP) is 2.36. The van der Waals surface area contributed by atoms with Crippen LogP contribution in [0.1, 0.15) is 46.8 Å². The third-order valence-corrected chi connectivity index (χ3v) is 7.04. The maximum Gasteiger partial charge on any atom is 0.329 e. The second-order valence-corrected chi connectivity index (χ2v) is 9.56. The van der Waals surface area contributed by atoms with E-state index in [1.807, 2.05) is 4.90 Å². The third-order valence-electron chi connectivity index (χ3n) is 7.04. The van der Waals surface area contributed by atoms with Gasteiger partial charge in [0, 0.05) is 32.6 Å². The number of hydrogen-bond donors (Lipinski definition) is 2. The van der Waals surface area contributed by atoms with E-state index < -0.39 is 46.7 Å². The van der Waals surface area contributed by atoms with Crippen LogP contribution in [-0.4, -0.2) is 44.0 Å². The topological polar surface area (TPSA) is 143 Å². The number of hydrogen-bond acceptors (Lipinski definition) is 7. The second-order valence-electron chi connectivity index (χ2n) is 9.56. The smallest absolute Gasteiger partial charge is 0.329 e. The lowest BCUT2D eigenvalue weighted by molar-refractivity contribution is 0.0962. The first-order chi connectivity index (χ1) is 18.7. The summed E-state index contributed by atoms with van der Waals surface area (Å²) in [6, 6.07) is 10.4. The Morgan fingerprint density at radius 1 is 1.21 bits per heavy atom. The van der Waals surface area contributed by atoms with Crippen LogP contribution in [0.2, 0.25) is 0 Å². The quantitative estimate of drug-likeness (QED) is 0.362. The molecule has 0 amide bonds. The number of aromatic amines is 1. The molecule has 3 heterocycles. The molecule has 0 bridgehead atoms. The van der Waals surface area contributed by atoms with Gasteiger partial charge in [-0.05, 0) is 36.6 Å². The van der Waals surface area contributed by atoms with Crippen molar-refractivity contribution >= 4 is 22.9 Å². The number of carbonyl (C=O) groups is 1. The Balaban J connectivity index is 1.81. The minimum absolute atomic E-state index is 0.0224. The lowest BCUT2D eigenvalue weighted by Crippen LogP contribution is -2.44. The number of nitrogens with zero attached hydrogens (tertiary/aromatic N) is 5. The van der Waals surface area contributed by atoms with Crippen LogP contribution in [0.3, 0.4) is 0 Å².